The molecule has 1 fully saturated rings. The summed E-state index contributed by atoms with van der Waals surface area (Å²) in [5.41, 5.74) is 0. The van der Waals surface area contributed by atoms with E-state index in [4.69, 9.17) is 9.47 Å². The zero-order valence-corrected chi connectivity index (χ0v) is 15.0. The zero-order valence-electron chi connectivity index (χ0n) is 15.0. The van der Waals surface area contributed by atoms with Crippen molar-refractivity contribution >= 4 is 11.9 Å². The Kier molecular flexibility index (Phi) is 10.8. The molecule has 0 spiro atoms. The van der Waals surface area contributed by atoms with Crippen LogP contribution in [0, 0.1) is 0 Å². The average molecular weight is 326 g/mol. The van der Waals surface area contributed by atoms with Crippen molar-refractivity contribution in [2.45, 2.75) is 110 Å². The Balaban J connectivity index is 2.00. The SMILES string of the molecule is CCCCCCCCC(C)OC(=O)CCC(=O)OC1CCCC1. The summed E-state index contributed by atoms with van der Waals surface area (Å²) in [6.45, 7) is 4.14. The van der Waals surface area contributed by atoms with Crippen molar-refractivity contribution in [1.29, 1.82) is 0 Å². The molecule has 1 unspecified atom stereocenters. The third-order valence-corrected chi connectivity index (χ3v) is 4.43. The van der Waals surface area contributed by atoms with Gasteiger partial charge in [-0.05, 0) is 45.4 Å². The summed E-state index contributed by atoms with van der Waals surface area (Å²) in [6.07, 6.45) is 12.8. The molecule has 0 aliphatic heterocycles. The standard InChI is InChI=1S/C19H34O4/c1-3-4-5-6-7-8-11-16(2)22-18(20)14-15-19(21)23-17-12-9-10-13-17/h16-17H,3-15H2,1-2H3. The highest BCUT2D eigenvalue weighted by Gasteiger charge is 2.20. The second-order valence-corrected chi connectivity index (χ2v) is 6.75. The minimum absolute atomic E-state index is 0.0560. The van der Waals surface area contributed by atoms with Crippen molar-refractivity contribution in [3.05, 3.63) is 0 Å². The second kappa shape index (κ2) is 12.4. The third-order valence-electron chi connectivity index (χ3n) is 4.43. The molecule has 23 heavy (non-hydrogen) atoms. The van der Waals surface area contributed by atoms with Crippen LogP contribution in [0.25, 0.3) is 0 Å². The Hall–Kier alpha value is -1.06. The van der Waals surface area contributed by atoms with Crippen molar-refractivity contribution in [3.8, 4) is 0 Å². The summed E-state index contributed by atoms with van der Waals surface area (Å²) >= 11 is 0. The minimum atomic E-state index is -0.285. The van der Waals surface area contributed by atoms with Gasteiger partial charge in [-0.3, -0.25) is 9.59 Å². The fraction of sp³-hybridized carbons (Fsp3) is 0.895. The van der Waals surface area contributed by atoms with E-state index in [0.717, 1.165) is 38.5 Å². The molecule has 1 atom stereocenters. The predicted octanol–water partition coefficient (Wildman–Crippen LogP) is 4.93. The molecule has 0 aromatic carbocycles. The molecular formula is C19H34O4. The highest BCUT2D eigenvalue weighted by atomic mass is 16.5. The number of carbonyl (C=O) groups excluding carboxylic acids is 2. The molecule has 1 aliphatic carbocycles. The van der Waals surface area contributed by atoms with E-state index in [1.54, 1.807) is 0 Å². The smallest absolute Gasteiger partial charge is 0.306 e. The van der Waals surface area contributed by atoms with Gasteiger partial charge in [0.15, 0.2) is 0 Å². The topological polar surface area (TPSA) is 52.6 Å². The molecule has 4 nitrogen and oxygen atoms in total. The number of carbonyl (C=O) groups is 2. The third kappa shape index (κ3) is 10.4. The molecule has 0 aromatic heterocycles. The van der Waals surface area contributed by atoms with Gasteiger partial charge in [0, 0.05) is 0 Å². The summed E-state index contributed by atoms with van der Waals surface area (Å²) in [5, 5.41) is 0. The van der Waals surface area contributed by atoms with Crippen LogP contribution in [0.15, 0.2) is 0 Å². The van der Waals surface area contributed by atoms with E-state index in [0.29, 0.717) is 0 Å². The van der Waals surface area contributed by atoms with Gasteiger partial charge in [-0.1, -0.05) is 39.0 Å². The van der Waals surface area contributed by atoms with E-state index >= 15 is 0 Å². The van der Waals surface area contributed by atoms with E-state index in [-0.39, 0.29) is 37.0 Å². The van der Waals surface area contributed by atoms with Crippen LogP contribution in [0.4, 0.5) is 0 Å². The maximum Gasteiger partial charge on any atom is 0.306 e. The van der Waals surface area contributed by atoms with Crippen LogP contribution in [0.1, 0.15) is 97.3 Å². The molecule has 134 valence electrons. The van der Waals surface area contributed by atoms with Gasteiger partial charge in [0.2, 0.25) is 0 Å². The average Bonchev–Trinajstić information content (AvgIpc) is 3.01. The van der Waals surface area contributed by atoms with Gasteiger partial charge in [-0.25, -0.2) is 0 Å². The number of rotatable bonds is 12. The lowest BCUT2D eigenvalue weighted by molar-refractivity contribution is -0.155. The highest BCUT2D eigenvalue weighted by molar-refractivity contribution is 5.77. The van der Waals surface area contributed by atoms with E-state index in [2.05, 4.69) is 6.92 Å². The van der Waals surface area contributed by atoms with E-state index in [1.807, 2.05) is 6.92 Å². The molecule has 1 aliphatic rings. The maximum absolute atomic E-state index is 11.7. The van der Waals surface area contributed by atoms with E-state index in [9.17, 15) is 9.59 Å². The van der Waals surface area contributed by atoms with Crippen molar-refractivity contribution in [2.75, 3.05) is 0 Å². The van der Waals surface area contributed by atoms with Crippen LogP contribution < -0.4 is 0 Å². The second-order valence-electron chi connectivity index (χ2n) is 6.75. The Labute approximate surface area is 141 Å². The monoisotopic (exact) mass is 326 g/mol. The first-order valence-electron chi connectivity index (χ1n) is 9.50. The van der Waals surface area contributed by atoms with E-state index < -0.39 is 0 Å². The van der Waals surface area contributed by atoms with Crippen LogP contribution in [0.5, 0.6) is 0 Å². The van der Waals surface area contributed by atoms with Gasteiger partial charge in [0.25, 0.3) is 0 Å². The fourth-order valence-corrected chi connectivity index (χ4v) is 3.01. The zero-order chi connectivity index (χ0) is 16.9. The molecule has 0 bridgehead atoms. The normalized spacial score (nSPS) is 16.3. The molecule has 0 radical (unpaired) electrons. The predicted molar refractivity (Wildman–Crippen MR) is 91.1 cm³/mol. The number of esters is 2. The summed E-state index contributed by atoms with van der Waals surface area (Å²) in [5.74, 6) is -0.552. The Morgan fingerprint density at radius 2 is 1.57 bits per heavy atom. The largest absolute Gasteiger partial charge is 0.463 e. The number of hydrogen-bond acceptors (Lipinski definition) is 4. The molecule has 0 N–H and O–H groups in total. The quantitative estimate of drug-likeness (QED) is 0.377. The van der Waals surface area contributed by atoms with Crippen molar-refractivity contribution in [3.63, 3.8) is 0 Å². The number of unbranched alkanes of at least 4 members (excludes halogenated alkanes) is 5. The highest BCUT2D eigenvalue weighted by Crippen LogP contribution is 2.21. The first kappa shape index (κ1) is 20.0. The lowest BCUT2D eigenvalue weighted by Gasteiger charge is -2.14. The van der Waals surface area contributed by atoms with Gasteiger partial charge < -0.3 is 9.47 Å². The van der Waals surface area contributed by atoms with Gasteiger partial charge in [-0.15, -0.1) is 0 Å². The number of ether oxygens (including phenoxy) is 2. The first-order chi connectivity index (χ1) is 11.1. The minimum Gasteiger partial charge on any atom is -0.463 e. The van der Waals surface area contributed by atoms with Crippen molar-refractivity contribution < 1.29 is 19.1 Å². The summed E-state index contributed by atoms with van der Waals surface area (Å²) in [4.78, 5) is 23.4. The van der Waals surface area contributed by atoms with Crippen LogP contribution >= 0.6 is 0 Å². The van der Waals surface area contributed by atoms with Crippen LogP contribution in [0.2, 0.25) is 0 Å². The Morgan fingerprint density at radius 1 is 0.957 bits per heavy atom. The van der Waals surface area contributed by atoms with Gasteiger partial charge in [0.05, 0.1) is 18.9 Å². The van der Waals surface area contributed by atoms with Crippen LogP contribution in [0.3, 0.4) is 0 Å². The van der Waals surface area contributed by atoms with E-state index in [1.165, 1.54) is 32.1 Å². The summed E-state index contributed by atoms with van der Waals surface area (Å²) in [6, 6.07) is 0. The molecule has 1 rings (SSSR count). The summed E-state index contributed by atoms with van der Waals surface area (Å²) < 4.78 is 10.7. The van der Waals surface area contributed by atoms with Gasteiger partial charge in [0.1, 0.15) is 6.10 Å². The maximum atomic E-state index is 11.7. The Morgan fingerprint density at radius 3 is 2.26 bits per heavy atom. The lowest BCUT2D eigenvalue weighted by atomic mass is 10.1. The van der Waals surface area contributed by atoms with Crippen LogP contribution in [-0.4, -0.2) is 24.1 Å². The molecule has 0 aromatic rings. The molecule has 1 saturated carbocycles. The van der Waals surface area contributed by atoms with Crippen molar-refractivity contribution in [2.24, 2.45) is 0 Å². The molecule has 0 amide bonds. The van der Waals surface area contributed by atoms with Crippen LogP contribution in [-0.2, 0) is 19.1 Å². The van der Waals surface area contributed by atoms with Gasteiger partial charge in [-0.2, -0.15) is 0 Å². The Bertz CT molecular complexity index is 334. The molecule has 4 heteroatoms. The van der Waals surface area contributed by atoms with Crippen molar-refractivity contribution in [1.82, 2.24) is 0 Å². The molecule has 0 heterocycles. The first-order valence-corrected chi connectivity index (χ1v) is 9.50. The molecule has 0 saturated heterocycles. The lowest BCUT2D eigenvalue weighted by Crippen LogP contribution is -2.18. The molecular weight excluding hydrogens is 292 g/mol. The van der Waals surface area contributed by atoms with Gasteiger partial charge >= 0.3 is 11.9 Å². The fourth-order valence-electron chi connectivity index (χ4n) is 3.01. The summed E-state index contributed by atoms with van der Waals surface area (Å²) in [7, 11) is 0. The number of hydrogen-bond donors (Lipinski definition) is 0.